The molecule has 21 heavy (non-hydrogen) atoms. The van der Waals surface area contributed by atoms with Crippen LogP contribution in [0.2, 0.25) is 0 Å². The van der Waals surface area contributed by atoms with Gasteiger partial charge < -0.3 is 15.5 Å². The molecule has 1 fully saturated rings. The summed E-state index contributed by atoms with van der Waals surface area (Å²) in [5, 5.41) is 5.98. The molecule has 1 aromatic rings. The van der Waals surface area contributed by atoms with E-state index in [1.165, 1.54) is 25.7 Å². The molecule has 0 bridgehead atoms. The number of nitrogens with one attached hydrogen (secondary N) is 2. The highest BCUT2D eigenvalue weighted by molar-refractivity contribution is 5.74. The van der Waals surface area contributed by atoms with Crippen molar-refractivity contribution in [2.45, 2.75) is 51.1 Å². The van der Waals surface area contributed by atoms with Crippen molar-refractivity contribution in [1.29, 1.82) is 0 Å². The number of pyridine rings is 1. The summed E-state index contributed by atoms with van der Waals surface area (Å²) < 4.78 is 0. The molecule has 0 unspecified atom stereocenters. The molecule has 1 aromatic heterocycles. The molecular weight excluding hydrogens is 264 g/mol. The van der Waals surface area contributed by atoms with Crippen molar-refractivity contribution in [3.63, 3.8) is 0 Å². The van der Waals surface area contributed by atoms with Gasteiger partial charge in [-0.1, -0.05) is 31.7 Å². The predicted octanol–water partition coefficient (Wildman–Crippen LogP) is 2.67. The van der Waals surface area contributed by atoms with Crippen molar-refractivity contribution in [2.75, 3.05) is 19.0 Å². The van der Waals surface area contributed by atoms with Gasteiger partial charge in [0.25, 0.3) is 0 Å². The molecule has 0 aromatic carbocycles. The Morgan fingerprint density at radius 2 is 1.95 bits per heavy atom. The van der Waals surface area contributed by atoms with Gasteiger partial charge in [-0.3, -0.25) is 0 Å². The van der Waals surface area contributed by atoms with Crippen molar-refractivity contribution in [2.24, 2.45) is 0 Å². The van der Waals surface area contributed by atoms with Crippen molar-refractivity contribution in [1.82, 2.24) is 15.6 Å². The molecule has 0 spiro atoms. The molecule has 0 atom stereocenters. The lowest BCUT2D eigenvalue weighted by atomic mass is 10.1. The van der Waals surface area contributed by atoms with E-state index in [0.29, 0.717) is 12.6 Å². The van der Waals surface area contributed by atoms with Gasteiger partial charge in [-0.05, 0) is 25.0 Å². The molecule has 5 nitrogen and oxygen atoms in total. The van der Waals surface area contributed by atoms with Crippen LogP contribution in [0.4, 0.5) is 10.6 Å². The first kappa shape index (κ1) is 15.6. The highest BCUT2D eigenvalue weighted by Crippen LogP contribution is 2.17. The molecule has 0 aliphatic heterocycles. The Morgan fingerprint density at radius 3 is 2.62 bits per heavy atom. The number of carbonyl (C=O) groups is 1. The number of nitrogens with zero attached hydrogens (tertiary/aromatic N) is 2. The summed E-state index contributed by atoms with van der Waals surface area (Å²) in [6, 6.07) is 6.09. The minimum atomic E-state index is -0.0843. The second-order valence-electron chi connectivity index (χ2n) is 5.90. The van der Waals surface area contributed by atoms with Crippen LogP contribution in [-0.2, 0) is 6.54 Å². The standard InChI is InChI=1S/C16H26N4O/c1-20(2)15-11-7-10-14(18-15)12-17-16(21)19-13-8-5-3-4-6-9-13/h7,10-11,13H,3-6,8-9,12H2,1-2H3,(H2,17,19,21). The lowest BCUT2D eigenvalue weighted by Gasteiger charge is -2.17. The van der Waals surface area contributed by atoms with E-state index < -0.39 is 0 Å². The molecule has 2 rings (SSSR count). The van der Waals surface area contributed by atoms with Crippen LogP contribution >= 0.6 is 0 Å². The lowest BCUT2D eigenvalue weighted by Crippen LogP contribution is -2.41. The van der Waals surface area contributed by atoms with E-state index in [1.807, 2.05) is 37.2 Å². The van der Waals surface area contributed by atoms with Gasteiger partial charge in [0.2, 0.25) is 0 Å². The van der Waals surface area contributed by atoms with Crippen LogP contribution in [0.5, 0.6) is 0 Å². The summed E-state index contributed by atoms with van der Waals surface area (Å²) >= 11 is 0. The van der Waals surface area contributed by atoms with E-state index in [1.54, 1.807) is 0 Å². The Bertz CT molecular complexity index is 453. The summed E-state index contributed by atoms with van der Waals surface area (Å²) in [4.78, 5) is 18.4. The smallest absolute Gasteiger partial charge is 0.315 e. The highest BCUT2D eigenvalue weighted by atomic mass is 16.2. The third-order valence-electron chi connectivity index (χ3n) is 3.87. The minimum Gasteiger partial charge on any atom is -0.363 e. The number of hydrogen-bond acceptors (Lipinski definition) is 3. The largest absolute Gasteiger partial charge is 0.363 e. The van der Waals surface area contributed by atoms with Gasteiger partial charge >= 0.3 is 6.03 Å². The fourth-order valence-electron chi connectivity index (χ4n) is 2.65. The number of hydrogen-bond donors (Lipinski definition) is 2. The Labute approximate surface area is 127 Å². The molecule has 5 heteroatoms. The zero-order chi connectivity index (χ0) is 15.1. The van der Waals surface area contributed by atoms with Gasteiger partial charge in [-0.15, -0.1) is 0 Å². The molecule has 1 aliphatic rings. The van der Waals surface area contributed by atoms with Gasteiger partial charge in [0.05, 0.1) is 12.2 Å². The van der Waals surface area contributed by atoms with Crippen molar-refractivity contribution >= 4 is 11.8 Å². The van der Waals surface area contributed by atoms with Crippen LogP contribution in [0.15, 0.2) is 18.2 Å². The molecule has 0 radical (unpaired) electrons. The number of rotatable bonds is 4. The average Bonchev–Trinajstić information content (AvgIpc) is 2.74. The monoisotopic (exact) mass is 290 g/mol. The van der Waals surface area contributed by atoms with Crippen molar-refractivity contribution in [3.8, 4) is 0 Å². The number of anilines is 1. The Morgan fingerprint density at radius 1 is 1.24 bits per heavy atom. The molecular formula is C16H26N4O. The lowest BCUT2D eigenvalue weighted by molar-refractivity contribution is 0.235. The Balaban J connectivity index is 1.79. The highest BCUT2D eigenvalue weighted by Gasteiger charge is 2.14. The number of aromatic nitrogens is 1. The molecule has 0 saturated heterocycles. The number of carbonyl (C=O) groups excluding carboxylic acids is 1. The van der Waals surface area contributed by atoms with Crippen LogP contribution in [0.25, 0.3) is 0 Å². The Kier molecular flexibility index (Phi) is 5.84. The van der Waals surface area contributed by atoms with Crippen LogP contribution in [0.1, 0.15) is 44.2 Å². The maximum Gasteiger partial charge on any atom is 0.315 e. The van der Waals surface area contributed by atoms with Gasteiger partial charge in [-0.2, -0.15) is 0 Å². The molecule has 2 amide bonds. The number of urea groups is 1. The van der Waals surface area contributed by atoms with E-state index in [2.05, 4.69) is 15.6 Å². The summed E-state index contributed by atoms with van der Waals surface area (Å²) in [7, 11) is 3.91. The molecule has 116 valence electrons. The van der Waals surface area contributed by atoms with Gasteiger partial charge in [-0.25, -0.2) is 9.78 Å². The van der Waals surface area contributed by atoms with E-state index in [4.69, 9.17) is 0 Å². The van der Waals surface area contributed by atoms with Crippen molar-refractivity contribution in [3.05, 3.63) is 23.9 Å². The van der Waals surface area contributed by atoms with Crippen LogP contribution in [0.3, 0.4) is 0 Å². The zero-order valence-electron chi connectivity index (χ0n) is 13.1. The summed E-state index contributed by atoms with van der Waals surface area (Å²) in [5.41, 5.74) is 0.872. The van der Waals surface area contributed by atoms with Crippen LogP contribution in [-0.4, -0.2) is 31.2 Å². The Hall–Kier alpha value is -1.78. The fraction of sp³-hybridized carbons (Fsp3) is 0.625. The van der Waals surface area contributed by atoms with Crippen LogP contribution in [0, 0.1) is 0 Å². The molecule has 1 aliphatic carbocycles. The van der Waals surface area contributed by atoms with E-state index >= 15 is 0 Å². The van der Waals surface area contributed by atoms with E-state index in [-0.39, 0.29) is 6.03 Å². The first-order chi connectivity index (χ1) is 10.1. The predicted molar refractivity (Wildman–Crippen MR) is 85.4 cm³/mol. The molecule has 2 N–H and O–H groups in total. The first-order valence-electron chi connectivity index (χ1n) is 7.83. The maximum atomic E-state index is 12.0. The molecule has 1 saturated carbocycles. The summed E-state index contributed by atoms with van der Waals surface area (Å²) in [5.74, 6) is 0.901. The average molecular weight is 290 g/mol. The summed E-state index contributed by atoms with van der Waals surface area (Å²) in [6.45, 7) is 0.459. The minimum absolute atomic E-state index is 0.0843. The van der Waals surface area contributed by atoms with Crippen molar-refractivity contribution < 1.29 is 4.79 Å². The second-order valence-corrected chi connectivity index (χ2v) is 5.90. The third kappa shape index (κ3) is 5.25. The number of amides is 2. The fourth-order valence-corrected chi connectivity index (χ4v) is 2.65. The third-order valence-corrected chi connectivity index (χ3v) is 3.87. The SMILES string of the molecule is CN(C)c1cccc(CNC(=O)NC2CCCCCC2)n1. The topological polar surface area (TPSA) is 57.3 Å². The van der Waals surface area contributed by atoms with E-state index in [0.717, 1.165) is 24.4 Å². The summed E-state index contributed by atoms with van der Waals surface area (Å²) in [6.07, 6.45) is 7.22. The molecule has 1 heterocycles. The van der Waals surface area contributed by atoms with Gasteiger partial charge in [0.15, 0.2) is 0 Å². The quantitative estimate of drug-likeness (QED) is 0.838. The van der Waals surface area contributed by atoms with E-state index in [9.17, 15) is 4.79 Å². The van der Waals surface area contributed by atoms with Gasteiger partial charge in [0.1, 0.15) is 5.82 Å². The normalized spacial score (nSPS) is 16.1. The first-order valence-corrected chi connectivity index (χ1v) is 7.83. The second kappa shape index (κ2) is 7.86. The zero-order valence-corrected chi connectivity index (χ0v) is 13.1. The van der Waals surface area contributed by atoms with Gasteiger partial charge in [0, 0.05) is 20.1 Å². The maximum absolute atomic E-state index is 12.0. The van der Waals surface area contributed by atoms with Crippen LogP contribution < -0.4 is 15.5 Å².